The van der Waals surface area contributed by atoms with Gasteiger partial charge in [0.15, 0.2) is 0 Å². The number of carbonyl (C=O) groups excluding carboxylic acids is 1. The van der Waals surface area contributed by atoms with E-state index in [1.165, 1.54) is 0 Å². The van der Waals surface area contributed by atoms with Crippen LogP contribution in [0.1, 0.15) is 49.5 Å². The van der Waals surface area contributed by atoms with Gasteiger partial charge in [-0.1, -0.05) is 32.1 Å². The van der Waals surface area contributed by atoms with Crippen LogP contribution < -0.4 is 0 Å². The largest absolute Gasteiger partial charge is 0.497 e. The lowest BCUT2D eigenvalue weighted by atomic mass is 10.0. The first-order valence-corrected chi connectivity index (χ1v) is 6.46. The standard InChI is InChI=1S/C16H22O3/c1-6-11-16(3,4)19-15(17)14-9-7-13(8-10-14)12(2)18-5/h7-10H,2,6,11H2,1,3-5H3. The molecule has 0 aliphatic heterocycles. The molecule has 1 aromatic carbocycles. The molecular formula is C16H22O3. The third kappa shape index (κ3) is 4.43. The van der Waals surface area contributed by atoms with Gasteiger partial charge in [-0.25, -0.2) is 4.79 Å². The Morgan fingerprint density at radius 3 is 2.21 bits per heavy atom. The van der Waals surface area contributed by atoms with Gasteiger partial charge in [-0.2, -0.15) is 0 Å². The Kier molecular flexibility index (Phi) is 5.16. The average molecular weight is 262 g/mol. The first kappa shape index (κ1) is 15.3. The molecule has 0 N–H and O–H groups in total. The highest BCUT2D eigenvalue weighted by Crippen LogP contribution is 2.20. The summed E-state index contributed by atoms with van der Waals surface area (Å²) >= 11 is 0. The van der Waals surface area contributed by atoms with Crippen molar-refractivity contribution in [3.05, 3.63) is 42.0 Å². The molecule has 0 aliphatic rings. The van der Waals surface area contributed by atoms with Crippen LogP contribution in [-0.2, 0) is 9.47 Å². The van der Waals surface area contributed by atoms with Gasteiger partial charge in [0.1, 0.15) is 11.4 Å². The highest BCUT2D eigenvalue weighted by molar-refractivity contribution is 5.90. The molecule has 0 spiro atoms. The highest BCUT2D eigenvalue weighted by Gasteiger charge is 2.22. The molecule has 0 unspecified atom stereocenters. The SMILES string of the molecule is C=C(OC)c1ccc(C(=O)OC(C)(C)CCC)cc1. The molecule has 0 saturated carbocycles. The van der Waals surface area contributed by atoms with Crippen LogP contribution in [0.15, 0.2) is 30.8 Å². The van der Waals surface area contributed by atoms with Crippen molar-refractivity contribution in [2.75, 3.05) is 7.11 Å². The van der Waals surface area contributed by atoms with Crippen molar-refractivity contribution in [3.8, 4) is 0 Å². The summed E-state index contributed by atoms with van der Waals surface area (Å²) in [5, 5.41) is 0. The lowest BCUT2D eigenvalue weighted by Gasteiger charge is -2.24. The maximum absolute atomic E-state index is 12.0. The summed E-state index contributed by atoms with van der Waals surface area (Å²) in [5.41, 5.74) is 0.962. The second kappa shape index (κ2) is 6.41. The van der Waals surface area contributed by atoms with Crippen molar-refractivity contribution in [1.82, 2.24) is 0 Å². The van der Waals surface area contributed by atoms with Gasteiger partial charge in [0, 0.05) is 5.56 Å². The van der Waals surface area contributed by atoms with E-state index in [0.29, 0.717) is 11.3 Å². The molecule has 0 bridgehead atoms. The summed E-state index contributed by atoms with van der Waals surface area (Å²) in [5.74, 6) is 0.277. The van der Waals surface area contributed by atoms with Gasteiger partial charge in [0.2, 0.25) is 0 Å². The van der Waals surface area contributed by atoms with Gasteiger partial charge in [-0.3, -0.25) is 0 Å². The second-order valence-corrected chi connectivity index (χ2v) is 5.10. The second-order valence-electron chi connectivity index (χ2n) is 5.10. The van der Waals surface area contributed by atoms with E-state index in [1.807, 2.05) is 13.8 Å². The Hall–Kier alpha value is -1.77. The lowest BCUT2D eigenvalue weighted by molar-refractivity contribution is -0.00472. The molecule has 0 heterocycles. The van der Waals surface area contributed by atoms with E-state index < -0.39 is 5.60 Å². The molecule has 0 atom stereocenters. The number of methoxy groups -OCH3 is 1. The fourth-order valence-corrected chi connectivity index (χ4v) is 1.87. The molecule has 1 aromatic rings. The van der Waals surface area contributed by atoms with E-state index in [0.717, 1.165) is 18.4 Å². The number of benzene rings is 1. The smallest absolute Gasteiger partial charge is 0.338 e. The van der Waals surface area contributed by atoms with Crippen LogP contribution in [0.2, 0.25) is 0 Å². The molecule has 0 saturated heterocycles. The summed E-state index contributed by atoms with van der Waals surface area (Å²) in [7, 11) is 1.57. The molecule has 0 fully saturated rings. The Morgan fingerprint density at radius 2 is 1.74 bits per heavy atom. The highest BCUT2D eigenvalue weighted by atomic mass is 16.6. The minimum absolute atomic E-state index is 0.298. The fraction of sp³-hybridized carbons (Fsp3) is 0.438. The first-order chi connectivity index (χ1) is 8.89. The van der Waals surface area contributed by atoms with E-state index in [9.17, 15) is 4.79 Å². The summed E-state index contributed by atoms with van der Waals surface area (Å²) in [4.78, 5) is 12.0. The summed E-state index contributed by atoms with van der Waals surface area (Å²) < 4.78 is 10.5. The van der Waals surface area contributed by atoms with Crippen molar-refractivity contribution in [1.29, 1.82) is 0 Å². The van der Waals surface area contributed by atoms with Crippen LogP contribution in [0.4, 0.5) is 0 Å². The Bertz CT molecular complexity index is 444. The van der Waals surface area contributed by atoms with Crippen molar-refractivity contribution < 1.29 is 14.3 Å². The van der Waals surface area contributed by atoms with Gasteiger partial charge in [-0.15, -0.1) is 0 Å². The van der Waals surface area contributed by atoms with Gasteiger partial charge in [-0.05, 0) is 32.4 Å². The van der Waals surface area contributed by atoms with E-state index in [4.69, 9.17) is 9.47 Å². The van der Waals surface area contributed by atoms with Crippen molar-refractivity contribution >= 4 is 11.7 Å². The third-order valence-electron chi connectivity index (χ3n) is 2.91. The number of esters is 1. The molecule has 0 amide bonds. The van der Waals surface area contributed by atoms with Crippen LogP contribution in [-0.4, -0.2) is 18.7 Å². The van der Waals surface area contributed by atoms with Gasteiger partial charge >= 0.3 is 5.97 Å². The minimum atomic E-state index is -0.430. The van der Waals surface area contributed by atoms with Crippen molar-refractivity contribution in [2.24, 2.45) is 0 Å². The van der Waals surface area contributed by atoms with Gasteiger partial charge < -0.3 is 9.47 Å². The Morgan fingerprint density at radius 1 is 1.21 bits per heavy atom. The van der Waals surface area contributed by atoms with E-state index in [1.54, 1.807) is 31.4 Å². The quantitative estimate of drug-likeness (QED) is 0.573. The average Bonchev–Trinajstić information content (AvgIpc) is 2.37. The predicted molar refractivity (Wildman–Crippen MR) is 76.9 cm³/mol. The van der Waals surface area contributed by atoms with Crippen molar-refractivity contribution in [3.63, 3.8) is 0 Å². The van der Waals surface area contributed by atoms with Gasteiger partial charge in [0.05, 0.1) is 12.7 Å². The topological polar surface area (TPSA) is 35.5 Å². The minimum Gasteiger partial charge on any atom is -0.497 e. The number of hydrogen-bond donors (Lipinski definition) is 0. The molecule has 3 nitrogen and oxygen atoms in total. The zero-order valence-corrected chi connectivity index (χ0v) is 12.2. The molecule has 104 valence electrons. The predicted octanol–water partition coefficient (Wildman–Crippen LogP) is 4.04. The summed E-state index contributed by atoms with van der Waals surface area (Å²) in [6.07, 6.45) is 1.82. The number of carbonyl (C=O) groups is 1. The van der Waals surface area contributed by atoms with E-state index in [2.05, 4.69) is 13.5 Å². The summed E-state index contributed by atoms with van der Waals surface area (Å²) in [6, 6.07) is 7.05. The van der Waals surface area contributed by atoms with Crippen LogP contribution in [0, 0.1) is 0 Å². The molecular weight excluding hydrogens is 240 g/mol. The molecule has 1 rings (SSSR count). The van der Waals surface area contributed by atoms with Crippen molar-refractivity contribution in [2.45, 2.75) is 39.2 Å². The molecule has 0 aromatic heterocycles. The normalized spacial score (nSPS) is 10.9. The van der Waals surface area contributed by atoms with E-state index in [-0.39, 0.29) is 5.97 Å². The lowest BCUT2D eigenvalue weighted by Crippen LogP contribution is -2.27. The van der Waals surface area contributed by atoms with Crippen LogP contribution in [0.5, 0.6) is 0 Å². The zero-order chi connectivity index (χ0) is 14.5. The molecule has 0 radical (unpaired) electrons. The number of hydrogen-bond acceptors (Lipinski definition) is 3. The monoisotopic (exact) mass is 262 g/mol. The third-order valence-corrected chi connectivity index (χ3v) is 2.91. The fourth-order valence-electron chi connectivity index (χ4n) is 1.87. The number of ether oxygens (including phenoxy) is 2. The Labute approximate surface area is 115 Å². The maximum atomic E-state index is 12.0. The van der Waals surface area contributed by atoms with E-state index >= 15 is 0 Å². The first-order valence-electron chi connectivity index (χ1n) is 6.46. The molecule has 19 heavy (non-hydrogen) atoms. The molecule has 0 aliphatic carbocycles. The maximum Gasteiger partial charge on any atom is 0.338 e. The number of rotatable bonds is 6. The van der Waals surface area contributed by atoms with Crippen LogP contribution >= 0.6 is 0 Å². The van der Waals surface area contributed by atoms with Crippen LogP contribution in [0.25, 0.3) is 5.76 Å². The van der Waals surface area contributed by atoms with Gasteiger partial charge in [0.25, 0.3) is 0 Å². The van der Waals surface area contributed by atoms with Crippen LogP contribution in [0.3, 0.4) is 0 Å². The molecule has 3 heteroatoms. The Balaban J connectivity index is 2.76. The summed E-state index contributed by atoms with van der Waals surface area (Å²) in [6.45, 7) is 9.69. The zero-order valence-electron chi connectivity index (χ0n) is 12.2.